The normalized spacial score (nSPS) is 14.7. The number of allylic oxidation sites excluding steroid dienone is 4. The van der Waals surface area contributed by atoms with Crippen LogP contribution >= 0.6 is 7.82 Å². The van der Waals surface area contributed by atoms with Crippen molar-refractivity contribution < 1.29 is 38.0 Å². The van der Waals surface area contributed by atoms with Gasteiger partial charge in [-0.05, 0) is 64.2 Å². The van der Waals surface area contributed by atoms with Crippen LogP contribution in [0, 0.1) is 0 Å². The molecule has 0 aliphatic heterocycles. The number of amides is 1. The van der Waals surface area contributed by atoms with Gasteiger partial charge in [0.15, 0.2) is 0 Å². The van der Waals surface area contributed by atoms with E-state index in [0.29, 0.717) is 30.3 Å². The molecule has 0 saturated carbocycles. The van der Waals surface area contributed by atoms with E-state index in [0.717, 1.165) is 25.7 Å². The Kier molecular flexibility index (Phi) is 44.0. The molecule has 0 aromatic heterocycles. The van der Waals surface area contributed by atoms with Gasteiger partial charge in [0.05, 0.1) is 39.9 Å². The van der Waals surface area contributed by atoms with Crippen molar-refractivity contribution in [2.45, 2.75) is 270 Å². The molecule has 374 valence electrons. The third kappa shape index (κ3) is 45.9. The number of carbonyl (C=O) groups is 1. The highest BCUT2D eigenvalue weighted by Crippen LogP contribution is 2.38. The Morgan fingerprint density at radius 3 is 1.29 bits per heavy atom. The molecule has 0 aromatic carbocycles. The van der Waals surface area contributed by atoms with Gasteiger partial charge < -0.3 is 34.0 Å². The van der Waals surface area contributed by atoms with Gasteiger partial charge in [0.2, 0.25) is 5.91 Å². The quantitative estimate of drug-likeness (QED) is 0.0240. The first kappa shape index (κ1) is 61.9. The van der Waals surface area contributed by atoms with Crippen molar-refractivity contribution in [2.24, 2.45) is 0 Å². The smallest absolute Gasteiger partial charge is 0.268 e. The molecule has 1 amide bonds. The van der Waals surface area contributed by atoms with E-state index >= 15 is 0 Å². The Balaban J connectivity index is 4.21. The number of hydrogen-bond donors (Lipinski definition) is 3. The molecule has 0 fully saturated rings. The predicted molar refractivity (Wildman–Crippen MR) is 267 cm³/mol. The number of carbonyl (C=O) groups excluding carboxylic acids is 1. The molecule has 0 heterocycles. The maximum absolute atomic E-state index is 13.0. The fourth-order valence-corrected chi connectivity index (χ4v) is 8.68. The molecule has 0 aliphatic carbocycles. The molecular weight excluding hydrogens is 808 g/mol. The Bertz CT molecular complexity index is 1100. The lowest BCUT2D eigenvalue weighted by Crippen LogP contribution is -2.51. The standard InChI is InChI=1S/C53H105N2O7P/c1-6-8-10-12-14-16-18-20-21-22-23-24-25-26-27-28-29-30-31-32-33-34-36-38-40-42-44-46-52(57)54-50(49-62-63(59,60)61-48-47-55(3,4)5)53(58)51(56)45-43-41-39-37-35-19-17-15-13-11-9-7-2/h22-23,37,39,50-51,53,56,58H,6-21,24-36,38,40-49H2,1-5H3,(H-,54,57,59,60)/b23-22-,39-37+. The van der Waals surface area contributed by atoms with E-state index < -0.39 is 32.7 Å². The molecule has 10 heteroatoms. The number of hydrogen-bond acceptors (Lipinski definition) is 7. The van der Waals surface area contributed by atoms with Crippen LogP contribution in [0.5, 0.6) is 0 Å². The number of quaternary nitrogens is 1. The van der Waals surface area contributed by atoms with Gasteiger partial charge in [-0.3, -0.25) is 9.36 Å². The Labute approximate surface area is 390 Å². The maximum atomic E-state index is 13.0. The highest BCUT2D eigenvalue weighted by Gasteiger charge is 2.29. The molecule has 0 bridgehead atoms. The predicted octanol–water partition coefficient (Wildman–Crippen LogP) is 14.0. The zero-order valence-electron chi connectivity index (χ0n) is 42.2. The minimum absolute atomic E-state index is 0.0445. The maximum Gasteiger partial charge on any atom is 0.268 e. The summed E-state index contributed by atoms with van der Waals surface area (Å²) in [5.41, 5.74) is 0. The largest absolute Gasteiger partial charge is 0.756 e. The van der Waals surface area contributed by atoms with Gasteiger partial charge in [0.25, 0.3) is 7.82 Å². The Morgan fingerprint density at radius 2 is 0.905 bits per heavy atom. The fourth-order valence-electron chi connectivity index (χ4n) is 7.96. The van der Waals surface area contributed by atoms with Crippen LogP contribution in [0.25, 0.3) is 0 Å². The molecule has 0 spiro atoms. The molecule has 4 unspecified atom stereocenters. The van der Waals surface area contributed by atoms with Crippen LogP contribution in [-0.2, 0) is 18.4 Å². The third-order valence-electron chi connectivity index (χ3n) is 12.3. The fraction of sp³-hybridized carbons (Fsp3) is 0.906. The minimum atomic E-state index is -4.67. The van der Waals surface area contributed by atoms with Gasteiger partial charge in [-0.25, -0.2) is 0 Å². The number of phosphoric ester groups is 1. The summed E-state index contributed by atoms with van der Waals surface area (Å²) >= 11 is 0. The average molecular weight is 913 g/mol. The van der Waals surface area contributed by atoms with Crippen LogP contribution in [0.15, 0.2) is 24.3 Å². The second-order valence-electron chi connectivity index (χ2n) is 19.7. The summed E-state index contributed by atoms with van der Waals surface area (Å²) in [5, 5.41) is 24.7. The van der Waals surface area contributed by atoms with Crippen LogP contribution in [0.3, 0.4) is 0 Å². The zero-order chi connectivity index (χ0) is 46.5. The molecule has 0 radical (unpaired) electrons. The minimum Gasteiger partial charge on any atom is -0.756 e. The van der Waals surface area contributed by atoms with E-state index in [1.807, 2.05) is 21.1 Å². The van der Waals surface area contributed by atoms with Gasteiger partial charge in [-0.1, -0.05) is 205 Å². The highest BCUT2D eigenvalue weighted by atomic mass is 31.2. The van der Waals surface area contributed by atoms with E-state index in [1.54, 1.807) is 0 Å². The van der Waals surface area contributed by atoms with Crippen LogP contribution in [0.1, 0.15) is 251 Å². The van der Waals surface area contributed by atoms with Gasteiger partial charge in [-0.2, -0.15) is 0 Å². The molecule has 0 rings (SSSR count). The first-order valence-corrected chi connectivity index (χ1v) is 28.2. The number of phosphoric acid groups is 1. The third-order valence-corrected chi connectivity index (χ3v) is 13.2. The number of unbranched alkanes of at least 4 members (excludes halogenated alkanes) is 31. The highest BCUT2D eigenvalue weighted by molar-refractivity contribution is 7.45. The average Bonchev–Trinajstić information content (AvgIpc) is 3.24. The summed E-state index contributed by atoms with van der Waals surface area (Å²) in [6, 6.07) is -1.09. The lowest BCUT2D eigenvalue weighted by Gasteiger charge is -2.31. The van der Waals surface area contributed by atoms with Crippen molar-refractivity contribution >= 4 is 13.7 Å². The van der Waals surface area contributed by atoms with Gasteiger partial charge >= 0.3 is 0 Å². The summed E-state index contributed by atoms with van der Waals surface area (Å²) in [7, 11) is 1.11. The number of aliphatic hydroxyl groups is 2. The second-order valence-corrected chi connectivity index (χ2v) is 21.1. The topological polar surface area (TPSA) is 128 Å². The molecule has 9 nitrogen and oxygen atoms in total. The van der Waals surface area contributed by atoms with Gasteiger partial charge in [0.1, 0.15) is 19.3 Å². The first-order chi connectivity index (χ1) is 30.4. The summed E-state index contributed by atoms with van der Waals surface area (Å²) < 4.78 is 23.2. The molecule has 3 N–H and O–H groups in total. The molecule has 0 aliphatic rings. The second kappa shape index (κ2) is 44.8. The number of aliphatic hydroxyl groups excluding tert-OH is 2. The van der Waals surface area contributed by atoms with Gasteiger partial charge in [0, 0.05) is 6.42 Å². The zero-order valence-corrected chi connectivity index (χ0v) is 43.1. The monoisotopic (exact) mass is 913 g/mol. The summed E-state index contributed by atoms with van der Waals surface area (Å²) in [6.45, 7) is 4.43. The lowest BCUT2D eigenvalue weighted by molar-refractivity contribution is -0.870. The van der Waals surface area contributed by atoms with E-state index in [9.17, 15) is 24.5 Å². The lowest BCUT2D eigenvalue weighted by atomic mass is 10.0. The summed E-state index contributed by atoms with van der Waals surface area (Å²) in [5.74, 6) is -0.286. The number of nitrogens with zero attached hydrogens (tertiary/aromatic N) is 1. The molecule has 4 atom stereocenters. The number of nitrogens with one attached hydrogen (secondary N) is 1. The van der Waals surface area contributed by atoms with Crippen molar-refractivity contribution in [3.05, 3.63) is 24.3 Å². The number of likely N-dealkylation sites (N-methyl/N-ethyl adjacent to an activating group) is 1. The molecule has 0 aromatic rings. The van der Waals surface area contributed by atoms with E-state index in [4.69, 9.17) is 9.05 Å². The number of rotatable bonds is 49. The van der Waals surface area contributed by atoms with Crippen molar-refractivity contribution in [2.75, 3.05) is 40.9 Å². The van der Waals surface area contributed by atoms with Crippen molar-refractivity contribution in [1.29, 1.82) is 0 Å². The van der Waals surface area contributed by atoms with Crippen LogP contribution in [-0.4, -0.2) is 79.8 Å². The van der Waals surface area contributed by atoms with Gasteiger partial charge in [-0.15, -0.1) is 0 Å². The molecular formula is C53H105N2O7P. The Morgan fingerprint density at radius 1 is 0.556 bits per heavy atom. The van der Waals surface area contributed by atoms with E-state index in [-0.39, 0.29) is 18.9 Å². The SMILES string of the molecule is CCCCCCCCC/C=C/CCCC(O)C(O)C(COP(=O)([O-])OCC[N+](C)(C)C)NC(=O)CCCCCCCCCCCCCCCCC/C=C\CCCCCCCCCC. The van der Waals surface area contributed by atoms with Crippen molar-refractivity contribution in [3.63, 3.8) is 0 Å². The Hall–Kier alpha value is -1.06. The van der Waals surface area contributed by atoms with E-state index in [2.05, 4.69) is 43.5 Å². The summed E-state index contributed by atoms with van der Waals surface area (Å²) in [4.78, 5) is 25.5. The molecule has 63 heavy (non-hydrogen) atoms. The van der Waals surface area contributed by atoms with Crippen molar-refractivity contribution in [1.82, 2.24) is 5.32 Å². The summed E-state index contributed by atoms with van der Waals surface area (Å²) in [6.07, 6.45) is 51.0. The van der Waals surface area contributed by atoms with Crippen LogP contribution < -0.4 is 10.2 Å². The van der Waals surface area contributed by atoms with Crippen LogP contribution in [0.4, 0.5) is 0 Å². The first-order valence-electron chi connectivity index (χ1n) is 26.8. The van der Waals surface area contributed by atoms with Crippen molar-refractivity contribution in [3.8, 4) is 0 Å². The van der Waals surface area contributed by atoms with Crippen LogP contribution in [0.2, 0.25) is 0 Å². The van der Waals surface area contributed by atoms with E-state index in [1.165, 1.54) is 186 Å². The molecule has 0 saturated heterocycles.